The number of isocyanates is 2. The lowest BCUT2D eigenvalue weighted by molar-refractivity contribution is 0.134. The molecule has 2 atom stereocenters. The van der Waals surface area contributed by atoms with Gasteiger partial charge in [0.25, 0.3) is 0 Å². The van der Waals surface area contributed by atoms with Crippen LogP contribution in [0.2, 0.25) is 0 Å². The normalized spacial score (nSPS) is 33.7. The van der Waals surface area contributed by atoms with E-state index in [2.05, 4.69) is 16.9 Å². The van der Waals surface area contributed by atoms with Crippen LogP contribution < -0.4 is 0 Å². The van der Waals surface area contributed by atoms with Crippen LogP contribution in [0.1, 0.15) is 33.6 Å². The minimum atomic E-state index is -0.263. The molecule has 1 saturated carbocycles. The van der Waals surface area contributed by atoms with Crippen molar-refractivity contribution in [2.45, 2.75) is 45.7 Å². The molecule has 2 unspecified atom stereocenters. The van der Waals surface area contributed by atoms with E-state index in [-0.39, 0.29) is 17.5 Å². The van der Waals surface area contributed by atoms with Crippen LogP contribution in [0.5, 0.6) is 0 Å². The number of nitrogens with zero attached hydrogens (tertiary/aromatic N) is 2. The molecule has 82 valence electrons. The Hall–Kier alpha value is -1.24. The maximum Gasteiger partial charge on any atom is 0.235 e. The second kappa shape index (κ2) is 4.52. The molecule has 0 bridgehead atoms. The van der Waals surface area contributed by atoms with Crippen molar-refractivity contribution in [3.05, 3.63) is 0 Å². The van der Waals surface area contributed by atoms with E-state index in [0.717, 1.165) is 12.8 Å². The fourth-order valence-corrected chi connectivity index (χ4v) is 2.25. The van der Waals surface area contributed by atoms with Gasteiger partial charge >= 0.3 is 0 Å². The molecular formula is C11H16N2O2. The van der Waals surface area contributed by atoms with E-state index in [4.69, 9.17) is 0 Å². The predicted molar refractivity (Wildman–Crippen MR) is 56.0 cm³/mol. The Bertz CT molecular complexity index is 295. The summed E-state index contributed by atoms with van der Waals surface area (Å²) in [6.07, 6.45) is 4.93. The molecule has 0 amide bonds. The molecule has 0 N–H and O–H groups in total. The van der Waals surface area contributed by atoms with Gasteiger partial charge in [-0.05, 0) is 18.8 Å². The van der Waals surface area contributed by atoms with Gasteiger partial charge in [0.2, 0.25) is 12.2 Å². The molecule has 0 aromatic heterocycles. The lowest BCUT2D eigenvalue weighted by atomic mass is 9.67. The highest BCUT2D eigenvalue weighted by atomic mass is 16.1. The molecule has 15 heavy (non-hydrogen) atoms. The van der Waals surface area contributed by atoms with Gasteiger partial charge < -0.3 is 0 Å². The number of hydrogen-bond donors (Lipinski definition) is 0. The van der Waals surface area contributed by atoms with Gasteiger partial charge in [-0.3, -0.25) is 0 Å². The summed E-state index contributed by atoms with van der Waals surface area (Å²) in [4.78, 5) is 28.3. The molecule has 0 heterocycles. The van der Waals surface area contributed by atoms with Crippen LogP contribution in [0, 0.1) is 11.3 Å². The van der Waals surface area contributed by atoms with Crippen molar-refractivity contribution < 1.29 is 9.59 Å². The first-order valence-corrected chi connectivity index (χ1v) is 5.16. The van der Waals surface area contributed by atoms with Crippen LogP contribution in [0.3, 0.4) is 0 Å². The third kappa shape index (κ3) is 2.41. The molecule has 0 radical (unpaired) electrons. The zero-order valence-electron chi connectivity index (χ0n) is 9.36. The molecule has 1 fully saturated rings. The van der Waals surface area contributed by atoms with Crippen LogP contribution >= 0.6 is 0 Å². The molecule has 4 nitrogen and oxygen atoms in total. The van der Waals surface area contributed by atoms with Gasteiger partial charge in [0.1, 0.15) is 0 Å². The summed E-state index contributed by atoms with van der Waals surface area (Å²) in [5.41, 5.74) is -0.263. The number of aliphatic imine (C=N–C) groups is 2. The van der Waals surface area contributed by atoms with E-state index < -0.39 is 0 Å². The molecule has 0 aliphatic heterocycles. The zero-order valence-corrected chi connectivity index (χ0v) is 9.36. The predicted octanol–water partition coefficient (Wildman–Crippen LogP) is 1.85. The average molecular weight is 208 g/mol. The topological polar surface area (TPSA) is 58.9 Å². The first-order valence-electron chi connectivity index (χ1n) is 5.16. The van der Waals surface area contributed by atoms with E-state index in [1.165, 1.54) is 0 Å². The summed E-state index contributed by atoms with van der Waals surface area (Å²) in [5, 5.41) is 0. The van der Waals surface area contributed by atoms with Gasteiger partial charge in [0.15, 0.2) is 0 Å². The Labute approximate surface area is 89.5 Å². The van der Waals surface area contributed by atoms with Gasteiger partial charge in [-0.15, -0.1) is 0 Å². The highest BCUT2D eigenvalue weighted by Crippen LogP contribution is 2.41. The minimum Gasteiger partial charge on any atom is -0.211 e. The monoisotopic (exact) mass is 208 g/mol. The summed E-state index contributed by atoms with van der Waals surface area (Å²) in [6.45, 7) is 6.04. The van der Waals surface area contributed by atoms with E-state index in [1.54, 1.807) is 12.2 Å². The molecule has 1 aliphatic carbocycles. The fraction of sp³-hybridized carbons (Fsp3) is 0.818. The van der Waals surface area contributed by atoms with Gasteiger partial charge in [0, 0.05) is 5.41 Å². The van der Waals surface area contributed by atoms with Crippen LogP contribution in [0.25, 0.3) is 0 Å². The van der Waals surface area contributed by atoms with Crippen molar-refractivity contribution in [1.82, 2.24) is 0 Å². The molecule has 0 aromatic rings. The highest BCUT2D eigenvalue weighted by molar-refractivity contribution is 5.36. The summed E-state index contributed by atoms with van der Waals surface area (Å²) < 4.78 is 0. The largest absolute Gasteiger partial charge is 0.235 e. The SMILES string of the molecule is CC1CC(N=C=O)C(C)(C)C(N=C=O)C1. The Morgan fingerprint density at radius 3 is 1.80 bits per heavy atom. The second-order valence-corrected chi connectivity index (χ2v) is 4.87. The van der Waals surface area contributed by atoms with E-state index in [0.29, 0.717) is 5.92 Å². The van der Waals surface area contributed by atoms with Crippen LogP contribution in [0.15, 0.2) is 9.98 Å². The van der Waals surface area contributed by atoms with Gasteiger partial charge in [0.05, 0.1) is 12.1 Å². The Kier molecular flexibility index (Phi) is 3.57. The lowest BCUT2D eigenvalue weighted by Crippen LogP contribution is -2.44. The van der Waals surface area contributed by atoms with E-state index in [1.807, 2.05) is 13.8 Å². The van der Waals surface area contributed by atoms with Crippen LogP contribution in [0.4, 0.5) is 0 Å². The zero-order chi connectivity index (χ0) is 11.5. The van der Waals surface area contributed by atoms with Crippen LogP contribution in [-0.2, 0) is 9.59 Å². The van der Waals surface area contributed by atoms with Crippen molar-refractivity contribution in [2.24, 2.45) is 21.3 Å². The first kappa shape index (κ1) is 11.8. The lowest BCUT2D eigenvalue weighted by Gasteiger charge is -2.42. The van der Waals surface area contributed by atoms with Gasteiger partial charge in [-0.2, -0.15) is 0 Å². The quantitative estimate of drug-likeness (QED) is 0.513. The Morgan fingerprint density at radius 2 is 1.47 bits per heavy atom. The number of carbonyl (C=O) groups excluding carboxylic acids is 2. The smallest absolute Gasteiger partial charge is 0.211 e. The fourth-order valence-electron chi connectivity index (χ4n) is 2.25. The Morgan fingerprint density at radius 1 is 1.07 bits per heavy atom. The minimum absolute atomic E-state index is 0.0964. The average Bonchev–Trinajstić information content (AvgIpc) is 2.14. The highest BCUT2D eigenvalue weighted by Gasteiger charge is 2.43. The van der Waals surface area contributed by atoms with Gasteiger partial charge in [-0.1, -0.05) is 20.8 Å². The molecule has 0 spiro atoms. The van der Waals surface area contributed by atoms with E-state index >= 15 is 0 Å². The second-order valence-electron chi connectivity index (χ2n) is 4.87. The summed E-state index contributed by atoms with van der Waals surface area (Å²) in [6, 6.07) is -0.193. The molecule has 1 aliphatic rings. The van der Waals surface area contributed by atoms with Crippen molar-refractivity contribution in [1.29, 1.82) is 0 Å². The summed E-state index contributed by atoms with van der Waals surface area (Å²) in [5.74, 6) is 0.419. The van der Waals surface area contributed by atoms with Crippen molar-refractivity contribution >= 4 is 12.2 Å². The number of hydrogen-bond acceptors (Lipinski definition) is 4. The molecule has 0 aromatic carbocycles. The third-order valence-electron chi connectivity index (χ3n) is 3.39. The summed E-state index contributed by atoms with van der Waals surface area (Å²) >= 11 is 0. The van der Waals surface area contributed by atoms with Crippen LogP contribution in [-0.4, -0.2) is 24.2 Å². The Balaban J connectivity index is 2.99. The summed E-state index contributed by atoms with van der Waals surface area (Å²) in [7, 11) is 0. The standard InChI is InChI=1S/C11H16N2O2/c1-8-4-9(12-6-14)11(2,3)10(5-8)13-7-15/h8-10H,4-5H2,1-3H3. The van der Waals surface area contributed by atoms with Crippen molar-refractivity contribution in [2.75, 3.05) is 0 Å². The van der Waals surface area contributed by atoms with Crippen molar-refractivity contribution in [3.63, 3.8) is 0 Å². The van der Waals surface area contributed by atoms with Gasteiger partial charge in [-0.25, -0.2) is 19.6 Å². The number of rotatable bonds is 2. The molecule has 4 heteroatoms. The maximum absolute atomic E-state index is 10.3. The first-order chi connectivity index (χ1) is 7.02. The third-order valence-corrected chi connectivity index (χ3v) is 3.39. The van der Waals surface area contributed by atoms with E-state index in [9.17, 15) is 9.59 Å². The maximum atomic E-state index is 10.3. The van der Waals surface area contributed by atoms with Crippen molar-refractivity contribution in [3.8, 4) is 0 Å². The molecule has 1 rings (SSSR count). The molecular weight excluding hydrogens is 192 g/mol. The molecule has 0 saturated heterocycles.